The predicted octanol–water partition coefficient (Wildman–Crippen LogP) is 2.61. The number of nitrogens with one attached hydrogen (secondary N) is 2. The molecule has 6 heteroatoms. The van der Waals surface area contributed by atoms with E-state index in [9.17, 15) is 14.0 Å². The lowest BCUT2D eigenvalue weighted by Gasteiger charge is -2.14. The minimum atomic E-state index is -0.456. The maximum Gasteiger partial charge on any atom is 0.321 e. The van der Waals surface area contributed by atoms with E-state index in [0.29, 0.717) is 18.8 Å². The molecule has 2 N–H and O–H groups in total. The third kappa shape index (κ3) is 2.90. The van der Waals surface area contributed by atoms with Crippen LogP contribution >= 0.6 is 0 Å². The molecule has 1 aliphatic heterocycles. The predicted molar refractivity (Wildman–Crippen MR) is 81.5 cm³/mol. The minimum absolute atomic E-state index is 0.128. The van der Waals surface area contributed by atoms with E-state index in [4.69, 9.17) is 0 Å². The van der Waals surface area contributed by atoms with E-state index in [2.05, 4.69) is 10.6 Å². The van der Waals surface area contributed by atoms with Gasteiger partial charge in [-0.3, -0.25) is 9.69 Å². The Hall–Kier alpha value is -2.89. The van der Waals surface area contributed by atoms with Crippen LogP contribution in [-0.2, 0) is 0 Å². The molecular formula is C16H14FN3O2. The minimum Gasteiger partial charge on any atom is -0.336 e. The Labute approximate surface area is 126 Å². The Morgan fingerprint density at radius 2 is 1.95 bits per heavy atom. The van der Waals surface area contributed by atoms with Gasteiger partial charge in [-0.05, 0) is 42.5 Å². The summed E-state index contributed by atoms with van der Waals surface area (Å²) in [7, 11) is 0. The molecule has 112 valence electrons. The second-order valence-electron chi connectivity index (χ2n) is 4.89. The van der Waals surface area contributed by atoms with Gasteiger partial charge in [-0.2, -0.15) is 0 Å². The Morgan fingerprint density at radius 3 is 2.59 bits per heavy atom. The largest absolute Gasteiger partial charge is 0.336 e. The maximum absolute atomic E-state index is 13.1. The summed E-state index contributed by atoms with van der Waals surface area (Å²) in [5.41, 5.74) is 1.60. The first-order valence-electron chi connectivity index (χ1n) is 6.86. The number of rotatable bonds is 3. The molecule has 0 atom stereocenters. The fourth-order valence-electron chi connectivity index (χ4n) is 2.28. The van der Waals surface area contributed by atoms with Crippen molar-refractivity contribution in [1.82, 2.24) is 5.32 Å². The highest BCUT2D eigenvalue weighted by molar-refractivity contribution is 6.04. The van der Waals surface area contributed by atoms with Gasteiger partial charge in [0, 0.05) is 30.0 Å². The number of benzene rings is 2. The number of urea groups is 1. The molecule has 1 fully saturated rings. The number of hydrogen-bond acceptors (Lipinski definition) is 2. The Kier molecular flexibility index (Phi) is 3.74. The normalized spacial score (nSPS) is 13.9. The van der Waals surface area contributed by atoms with Crippen LogP contribution < -0.4 is 15.5 Å². The van der Waals surface area contributed by atoms with Crippen molar-refractivity contribution in [2.75, 3.05) is 23.3 Å². The molecule has 1 heterocycles. The lowest BCUT2D eigenvalue weighted by atomic mass is 10.2. The average Bonchev–Trinajstić information content (AvgIpc) is 2.94. The van der Waals surface area contributed by atoms with Crippen molar-refractivity contribution in [3.05, 3.63) is 59.9 Å². The van der Waals surface area contributed by atoms with Crippen LogP contribution in [0.3, 0.4) is 0 Å². The number of halogens is 1. The molecule has 2 aromatic rings. The zero-order valence-corrected chi connectivity index (χ0v) is 11.7. The summed E-state index contributed by atoms with van der Waals surface area (Å²) in [6.45, 7) is 1.24. The van der Waals surface area contributed by atoms with Gasteiger partial charge in [0.15, 0.2) is 0 Å². The average molecular weight is 299 g/mol. The molecular weight excluding hydrogens is 285 g/mol. The molecule has 5 nitrogen and oxygen atoms in total. The Morgan fingerprint density at radius 1 is 1.18 bits per heavy atom. The molecule has 0 saturated carbocycles. The summed E-state index contributed by atoms with van der Waals surface area (Å²) in [6, 6.07) is 12.3. The van der Waals surface area contributed by atoms with Crippen LogP contribution in [0.15, 0.2) is 48.5 Å². The van der Waals surface area contributed by atoms with Gasteiger partial charge in [-0.15, -0.1) is 0 Å². The Bertz CT molecular complexity index is 716. The fraction of sp³-hybridized carbons (Fsp3) is 0.125. The SMILES string of the molecule is O=C(Nc1ccc(N2CCNC2=O)cc1)c1cccc(F)c1. The van der Waals surface area contributed by atoms with Gasteiger partial charge < -0.3 is 10.6 Å². The number of carbonyl (C=O) groups excluding carboxylic acids is 2. The second kappa shape index (κ2) is 5.85. The fourth-order valence-corrected chi connectivity index (χ4v) is 2.28. The Balaban J connectivity index is 1.71. The van der Waals surface area contributed by atoms with Crippen molar-refractivity contribution in [2.45, 2.75) is 0 Å². The lowest BCUT2D eigenvalue weighted by molar-refractivity contribution is 0.102. The lowest BCUT2D eigenvalue weighted by Crippen LogP contribution is -2.27. The van der Waals surface area contributed by atoms with Crippen molar-refractivity contribution in [3.8, 4) is 0 Å². The third-order valence-electron chi connectivity index (χ3n) is 3.38. The van der Waals surface area contributed by atoms with E-state index >= 15 is 0 Å². The maximum atomic E-state index is 13.1. The van der Waals surface area contributed by atoms with Crippen LogP contribution in [0, 0.1) is 5.82 Å². The molecule has 22 heavy (non-hydrogen) atoms. The smallest absolute Gasteiger partial charge is 0.321 e. The van der Waals surface area contributed by atoms with Crippen LogP contribution in [0.2, 0.25) is 0 Å². The summed E-state index contributed by atoms with van der Waals surface area (Å²) < 4.78 is 13.1. The molecule has 3 rings (SSSR count). The number of nitrogens with zero attached hydrogens (tertiary/aromatic N) is 1. The highest BCUT2D eigenvalue weighted by atomic mass is 19.1. The zero-order valence-electron chi connectivity index (χ0n) is 11.7. The number of hydrogen-bond donors (Lipinski definition) is 2. The van der Waals surface area contributed by atoms with Crippen LogP contribution in [0.5, 0.6) is 0 Å². The van der Waals surface area contributed by atoms with Gasteiger partial charge in [0.05, 0.1) is 0 Å². The second-order valence-corrected chi connectivity index (χ2v) is 4.89. The highest BCUT2D eigenvalue weighted by Crippen LogP contribution is 2.20. The van der Waals surface area contributed by atoms with E-state index in [1.807, 2.05) is 0 Å². The first-order chi connectivity index (χ1) is 10.6. The summed E-state index contributed by atoms with van der Waals surface area (Å²) in [4.78, 5) is 25.2. The first kappa shape index (κ1) is 14.1. The topological polar surface area (TPSA) is 61.4 Å². The third-order valence-corrected chi connectivity index (χ3v) is 3.38. The number of carbonyl (C=O) groups is 2. The molecule has 2 aromatic carbocycles. The van der Waals surface area contributed by atoms with Gasteiger partial charge in [0.2, 0.25) is 0 Å². The van der Waals surface area contributed by atoms with Crippen molar-refractivity contribution in [3.63, 3.8) is 0 Å². The van der Waals surface area contributed by atoms with Gasteiger partial charge in [0.1, 0.15) is 5.82 Å². The summed E-state index contributed by atoms with van der Waals surface area (Å²) in [5, 5.41) is 5.41. The van der Waals surface area contributed by atoms with E-state index in [1.165, 1.54) is 18.2 Å². The number of anilines is 2. The van der Waals surface area contributed by atoms with Crippen LogP contribution in [0.4, 0.5) is 20.6 Å². The summed E-state index contributed by atoms with van der Waals surface area (Å²) >= 11 is 0. The van der Waals surface area contributed by atoms with Crippen LogP contribution in [0.25, 0.3) is 0 Å². The van der Waals surface area contributed by atoms with Gasteiger partial charge in [-0.1, -0.05) is 6.07 Å². The molecule has 0 bridgehead atoms. The molecule has 0 radical (unpaired) electrons. The van der Waals surface area contributed by atoms with Crippen LogP contribution in [-0.4, -0.2) is 25.0 Å². The highest BCUT2D eigenvalue weighted by Gasteiger charge is 2.20. The van der Waals surface area contributed by atoms with E-state index in [-0.39, 0.29) is 17.5 Å². The standard InChI is InChI=1S/C16H14FN3O2/c17-12-3-1-2-11(10-12)15(21)19-13-4-6-14(7-5-13)20-9-8-18-16(20)22/h1-7,10H,8-9H2,(H,18,22)(H,19,21). The van der Waals surface area contributed by atoms with Crippen molar-refractivity contribution >= 4 is 23.3 Å². The number of amides is 3. The summed E-state index contributed by atoms with van der Waals surface area (Å²) in [5.74, 6) is -0.839. The molecule has 0 aromatic heterocycles. The molecule has 1 aliphatic rings. The monoisotopic (exact) mass is 299 g/mol. The molecule has 0 spiro atoms. The van der Waals surface area contributed by atoms with Crippen molar-refractivity contribution in [2.24, 2.45) is 0 Å². The van der Waals surface area contributed by atoms with E-state index in [0.717, 1.165) is 5.69 Å². The summed E-state index contributed by atoms with van der Waals surface area (Å²) in [6.07, 6.45) is 0. The van der Waals surface area contributed by atoms with Gasteiger partial charge in [0.25, 0.3) is 5.91 Å². The molecule has 3 amide bonds. The molecule has 0 aliphatic carbocycles. The van der Waals surface area contributed by atoms with Gasteiger partial charge >= 0.3 is 6.03 Å². The molecule has 1 saturated heterocycles. The first-order valence-corrected chi connectivity index (χ1v) is 6.86. The van der Waals surface area contributed by atoms with Crippen molar-refractivity contribution in [1.29, 1.82) is 0 Å². The van der Waals surface area contributed by atoms with Gasteiger partial charge in [-0.25, -0.2) is 9.18 Å². The molecule has 0 unspecified atom stereocenters. The zero-order chi connectivity index (χ0) is 15.5. The van der Waals surface area contributed by atoms with E-state index < -0.39 is 5.82 Å². The van der Waals surface area contributed by atoms with E-state index in [1.54, 1.807) is 35.2 Å². The quantitative estimate of drug-likeness (QED) is 0.915. The van der Waals surface area contributed by atoms with Crippen molar-refractivity contribution < 1.29 is 14.0 Å². The van der Waals surface area contributed by atoms with Crippen LogP contribution in [0.1, 0.15) is 10.4 Å².